The number of aliphatic hydroxyl groups excluding tert-OH is 1. The summed E-state index contributed by atoms with van der Waals surface area (Å²) in [5.41, 5.74) is 1.27. The highest BCUT2D eigenvalue weighted by Gasteiger charge is 2.27. The predicted octanol–water partition coefficient (Wildman–Crippen LogP) is 3.81. The standard InChI is InChI=1S/C25H37N3O2S/c1-30-23-7-5-6-21(16-23)17-28-14-13-27(18-22(28)10-15-29)20-25-9-8-24(31-25)19-26-11-3-2-4-12-26/h5-9,16,22,29H,2-4,10-15,17-20H2,1H3. The van der Waals surface area contributed by atoms with Crippen molar-refractivity contribution in [2.24, 2.45) is 0 Å². The summed E-state index contributed by atoms with van der Waals surface area (Å²) in [5.74, 6) is 0.910. The Morgan fingerprint density at radius 2 is 1.71 bits per heavy atom. The van der Waals surface area contributed by atoms with E-state index in [1.807, 2.05) is 17.4 Å². The Morgan fingerprint density at radius 1 is 0.935 bits per heavy atom. The molecule has 4 rings (SSSR count). The highest BCUT2D eigenvalue weighted by molar-refractivity contribution is 7.11. The maximum atomic E-state index is 9.65. The predicted molar refractivity (Wildman–Crippen MR) is 128 cm³/mol. The van der Waals surface area contributed by atoms with Gasteiger partial charge < -0.3 is 9.84 Å². The van der Waals surface area contributed by atoms with Gasteiger partial charge in [0.25, 0.3) is 0 Å². The Balaban J connectivity index is 1.31. The lowest BCUT2D eigenvalue weighted by Gasteiger charge is -2.41. The maximum absolute atomic E-state index is 9.65. The van der Waals surface area contributed by atoms with Gasteiger partial charge in [0.15, 0.2) is 0 Å². The maximum Gasteiger partial charge on any atom is 0.119 e. The summed E-state index contributed by atoms with van der Waals surface area (Å²) in [5, 5.41) is 9.65. The van der Waals surface area contributed by atoms with Crippen LogP contribution in [0.5, 0.6) is 5.75 Å². The Bertz CT molecular complexity index is 806. The lowest BCUT2D eigenvalue weighted by atomic mass is 10.1. The first kappa shape index (κ1) is 22.7. The van der Waals surface area contributed by atoms with Gasteiger partial charge in [0.2, 0.25) is 0 Å². The van der Waals surface area contributed by atoms with Gasteiger partial charge in [-0.05, 0) is 62.2 Å². The minimum absolute atomic E-state index is 0.242. The number of likely N-dealkylation sites (tertiary alicyclic amines) is 1. The van der Waals surface area contributed by atoms with Crippen LogP contribution in [0, 0.1) is 0 Å². The highest BCUT2D eigenvalue weighted by Crippen LogP contribution is 2.24. The number of piperidine rings is 1. The van der Waals surface area contributed by atoms with Gasteiger partial charge in [-0.2, -0.15) is 0 Å². The van der Waals surface area contributed by atoms with Gasteiger partial charge in [0, 0.05) is 61.7 Å². The number of hydrogen-bond acceptors (Lipinski definition) is 6. The van der Waals surface area contributed by atoms with Crippen LogP contribution >= 0.6 is 11.3 Å². The summed E-state index contributed by atoms with van der Waals surface area (Å²) in [6.07, 6.45) is 4.92. The molecule has 0 aliphatic carbocycles. The molecule has 1 aromatic heterocycles. The van der Waals surface area contributed by atoms with Crippen LogP contribution in [0.4, 0.5) is 0 Å². The molecule has 0 saturated carbocycles. The lowest BCUT2D eigenvalue weighted by Crippen LogP contribution is -2.52. The first-order valence-electron chi connectivity index (χ1n) is 11.7. The molecule has 0 radical (unpaired) electrons. The number of rotatable bonds is 9. The highest BCUT2D eigenvalue weighted by atomic mass is 32.1. The smallest absolute Gasteiger partial charge is 0.119 e. The van der Waals surface area contributed by atoms with Crippen molar-refractivity contribution < 1.29 is 9.84 Å². The van der Waals surface area contributed by atoms with Gasteiger partial charge in [0.1, 0.15) is 5.75 Å². The first-order chi connectivity index (χ1) is 15.2. The molecule has 0 amide bonds. The second-order valence-corrected chi connectivity index (χ2v) is 10.2. The van der Waals surface area contributed by atoms with E-state index in [9.17, 15) is 5.11 Å². The Morgan fingerprint density at radius 3 is 2.45 bits per heavy atom. The van der Waals surface area contributed by atoms with Crippen molar-refractivity contribution in [1.29, 1.82) is 0 Å². The SMILES string of the molecule is COc1cccc(CN2CCN(Cc3ccc(CN4CCCCC4)s3)CC2CCO)c1. The van der Waals surface area contributed by atoms with Crippen LogP contribution in [0.15, 0.2) is 36.4 Å². The van der Waals surface area contributed by atoms with Gasteiger partial charge in [-0.25, -0.2) is 0 Å². The van der Waals surface area contributed by atoms with Crippen LogP contribution in [0.3, 0.4) is 0 Å². The van der Waals surface area contributed by atoms with E-state index in [1.165, 1.54) is 47.7 Å². The molecule has 1 N–H and O–H groups in total. The van der Waals surface area contributed by atoms with Crippen molar-refractivity contribution in [3.63, 3.8) is 0 Å². The zero-order valence-electron chi connectivity index (χ0n) is 18.8. The number of thiophene rings is 1. The van der Waals surface area contributed by atoms with Crippen LogP contribution < -0.4 is 4.74 Å². The molecular weight excluding hydrogens is 406 g/mol. The molecule has 3 heterocycles. The Kier molecular flexibility index (Phi) is 8.39. The van der Waals surface area contributed by atoms with Crippen molar-refractivity contribution in [3.05, 3.63) is 51.7 Å². The van der Waals surface area contributed by atoms with Crippen LogP contribution in [0.25, 0.3) is 0 Å². The monoisotopic (exact) mass is 443 g/mol. The number of methoxy groups -OCH3 is 1. The normalized spacial score (nSPS) is 21.4. The van der Waals surface area contributed by atoms with E-state index in [0.29, 0.717) is 6.04 Å². The average molecular weight is 444 g/mol. The van der Waals surface area contributed by atoms with Crippen LogP contribution in [-0.4, -0.2) is 72.3 Å². The van der Waals surface area contributed by atoms with Gasteiger partial charge in [-0.1, -0.05) is 18.6 Å². The van der Waals surface area contributed by atoms with Crippen LogP contribution in [-0.2, 0) is 19.6 Å². The molecule has 2 saturated heterocycles. The average Bonchev–Trinajstić information content (AvgIpc) is 3.23. The largest absolute Gasteiger partial charge is 0.497 e. The summed E-state index contributed by atoms with van der Waals surface area (Å²) >= 11 is 1.98. The topological polar surface area (TPSA) is 39.2 Å². The zero-order valence-corrected chi connectivity index (χ0v) is 19.7. The number of piperazine rings is 1. The van der Waals surface area contributed by atoms with Crippen molar-refractivity contribution in [2.45, 2.75) is 51.4 Å². The minimum atomic E-state index is 0.242. The lowest BCUT2D eigenvalue weighted by molar-refractivity contribution is 0.0504. The summed E-state index contributed by atoms with van der Waals surface area (Å²) in [4.78, 5) is 10.7. The third-order valence-corrected chi connectivity index (χ3v) is 7.65. The molecule has 2 fully saturated rings. The third kappa shape index (κ3) is 6.53. The first-order valence-corrected chi connectivity index (χ1v) is 12.6. The van der Waals surface area contributed by atoms with Crippen LogP contribution in [0.1, 0.15) is 41.0 Å². The number of ether oxygens (including phenoxy) is 1. The Hall–Kier alpha value is -1.44. The van der Waals surface area contributed by atoms with Crippen LogP contribution in [0.2, 0.25) is 0 Å². The van der Waals surface area contributed by atoms with Crippen molar-refractivity contribution in [3.8, 4) is 5.75 Å². The van der Waals surface area contributed by atoms with E-state index >= 15 is 0 Å². The molecule has 1 aromatic carbocycles. The summed E-state index contributed by atoms with van der Waals surface area (Å²) < 4.78 is 5.38. The molecule has 0 bridgehead atoms. The molecule has 2 aromatic rings. The molecular formula is C25H37N3O2S. The number of benzene rings is 1. The van der Waals surface area contributed by atoms with Crippen molar-refractivity contribution >= 4 is 11.3 Å². The van der Waals surface area contributed by atoms with E-state index in [1.54, 1.807) is 7.11 Å². The molecule has 170 valence electrons. The molecule has 5 nitrogen and oxygen atoms in total. The summed E-state index contributed by atoms with van der Waals surface area (Å²) in [7, 11) is 1.72. The molecule has 6 heteroatoms. The molecule has 2 aliphatic heterocycles. The fourth-order valence-electron chi connectivity index (χ4n) is 4.89. The Labute approximate surface area is 191 Å². The molecule has 0 spiro atoms. The van der Waals surface area contributed by atoms with Gasteiger partial charge in [-0.3, -0.25) is 14.7 Å². The number of aliphatic hydroxyl groups is 1. The minimum Gasteiger partial charge on any atom is -0.497 e. The fraction of sp³-hybridized carbons (Fsp3) is 0.600. The zero-order chi connectivity index (χ0) is 21.5. The van der Waals surface area contributed by atoms with E-state index in [-0.39, 0.29) is 6.61 Å². The van der Waals surface area contributed by atoms with E-state index < -0.39 is 0 Å². The molecule has 1 unspecified atom stereocenters. The second-order valence-electron chi connectivity index (χ2n) is 8.93. The summed E-state index contributed by atoms with van der Waals surface area (Å²) in [6.45, 7) is 8.94. The number of nitrogens with zero attached hydrogens (tertiary/aromatic N) is 3. The van der Waals surface area contributed by atoms with E-state index in [4.69, 9.17) is 4.74 Å². The van der Waals surface area contributed by atoms with Crippen molar-refractivity contribution in [2.75, 3.05) is 46.4 Å². The van der Waals surface area contributed by atoms with E-state index in [0.717, 1.165) is 51.4 Å². The summed E-state index contributed by atoms with van der Waals surface area (Å²) in [6, 6.07) is 13.4. The van der Waals surface area contributed by atoms with Gasteiger partial charge in [0.05, 0.1) is 7.11 Å². The third-order valence-electron chi connectivity index (χ3n) is 6.60. The molecule has 2 aliphatic rings. The van der Waals surface area contributed by atoms with E-state index in [2.05, 4.69) is 45.0 Å². The quantitative estimate of drug-likeness (QED) is 0.638. The second kappa shape index (κ2) is 11.4. The molecule has 31 heavy (non-hydrogen) atoms. The molecule has 1 atom stereocenters. The number of hydrogen-bond donors (Lipinski definition) is 1. The van der Waals surface area contributed by atoms with Crippen molar-refractivity contribution in [1.82, 2.24) is 14.7 Å². The fourth-order valence-corrected chi connectivity index (χ4v) is 5.99. The van der Waals surface area contributed by atoms with Gasteiger partial charge >= 0.3 is 0 Å². The van der Waals surface area contributed by atoms with Gasteiger partial charge in [-0.15, -0.1) is 11.3 Å².